The van der Waals surface area contributed by atoms with E-state index in [2.05, 4.69) is 30.8 Å². The highest BCUT2D eigenvalue weighted by atomic mass is 15.2. The van der Waals surface area contributed by atoms with Gasteiger partial charge in [-0.15, -0.1) is 0 Å². The molecule has 3 nitrogen and oxygen atoms in total. The van der Waals surface area contributed by atoms with Crippen molar-refractivity contribution in [3.05, 3.63) is 0 Å². The molecule has 1 saturated carbocycles. The van der Waals surface area contributed by atoms with Gasteiger partial charge >= 0.3 is 0 Å². The van der Waals surface area contributed by atoms with E-state index >= 15 is 0 Å². The molecule has 0 aliphatic heterocycles. The van der Waals surface area contributed by atoms with Crippen molar-refractivity contribution in [1.29, 1.82) is 0 Å². The monoisotopic (exact) mass is 241 g/mol. The van der Waals surface area contributed by atoms with Crippen LogP contribution < -0.4 is 5.73 Å². The lowest BCUT2D eigenvalue weighted by atomic mass is 9.82. The van der Waals surface area contributed by atoms with Crippen LogP contribution in [0.25, 0.3) is 0 Å². The van der Waals surface area contributed by atoms with Crippen molar-refractivity contribution in [2.75, 3.05) is 40.3 Å². The van der Waals surface area contributed by atoms with Gasteiger partial charge in [0.1, 0.15) is 0 Å². The summed E-state index contributed by atoms with van der Waals surface area (Å²) in [5.74, 6) is 0. The van der Waals surface area contributed by atoms with Crippen LogP contribution in [0.2, 0.25) is 0 Å². The first-order valence-corrected chi connectivity index (χ1v) is 7.22. The Labute approximate surface area is 107 Å². The molecule has 0 unspecified atom stereocenters. The lowest BCUT2D eigenvalue weighted by Gasteiger charge is -2.38. The van der Waals surface area contributed by atoms with Crippen molar-refractivity contribution in [2.24, 2.45) is 5.73 Å². The van der Waals surface area contributed by atoms with E-state index < -0.39 is 0 Å². The molecule has 2 N–H and O–H groups in total. The van der Waals surface area contributed by atoms with Crippen LogP contribution in [0.15, 0.2) is 0 Å². The molecule has 3 heteroatoms. The van der Waals surface area contributed by atoms with Crippen LogP contribution in [0.1, 0.15) is 45.4 Å². The molecule has 0 radical (unpaired) electrons. The van der Waals surface area contributed by atoms with Crippen molar-refractivity contribution in [1.82, 2.24) is 9.80 Å². The molecule has 0 bridgehead atoms. The molecule has 0 heterocycles. The molecule has 102 valence electrons. The fraction of sp³-hybridized carbons (Fsp3) is 1.00. The Balaban J connectivity index is 2.40. The zero-order chi connectivity index (χ0) is 12.7. The number of nitrogens with two attached hydrogens (primary N) is 1. The standard InChI is InChI=1S/C14H31N3/c1-4-10-17(12-11-16(2)3)13-14(15)8-6-5-7-9-14/h4-13,15H2,1-3H3. The van der Waals surface area contributed by atoms with Crippen LogP contribution in [-0.2, 0) is 0 Å². The number of hydrogen-bond donors (Lipinski definition) is 1. The van der Waals surface area contributed by atoms with Crippen LogP contribution in [0.3, 0.4) is 0 Å². The summed E-state index contributed by atoms with van der Waals surface area (Å²) in [4.78, 5) is 4.82. The summed E-state index contributed by atoms with van der Waals surface area (Å²) in [6.07, 6.45) is 7.69. The summed E-state index contributed by atoms with van der Waals surface area (Å²) in [5, 5.41) is 0. The summed E-state index contributed by atoms with van der Waals surface area (Å²) < 4.78 is 0. The van der Waals surface area contributed by atoms with Crippen molar-refractivity contribution < 1.29 is 0 Å². The minimum Gasteiger partial charge on any atom is -0.324 e. The molecule has 17 heavy (non-hydrogen) atoms. The maximum absolute atomic E-state index is 6.54. The second kappa shape index (κ2) is 7.34. The van der Waals surface area contributed by atoms with Gasteiger partial charge in [0.15, 0.2) is 0 Å². The Morgan fingerprint density at radius 2 is 1.65 bits per heavy atom. The van der Waals surface area contributed by atoms with Gasteiger partial charge in [0.2, 0.25) is 0 Å². The second-order valence-corrected chi connectivity index (χ2v) is 6.00. The van der Waals surface area contributed by atoms with E-state index in [0.29, 0.717) is 0 Å². The minimum absolute atomic E-state index is 0.0970. The summed E-state index contributed by atoms with van der Waals surface area (Å²) in [6, 6.07) is 0. The Kier molecular flexibility index (Phi) is 6.45. The van der Waals surface area contributed by atoms with Gasteiger partial charge in [-0.05, 0) is 39.9 Å². The van der Waals surface area contributed by atoms with Gasteiger partial charge in [0.05, 0.1) is 0 Å². The molecule has 1 aliphatic rings. The fourth-order valence-electron chi connectivity index (χ4n) is 2.79. The number of rotatable bonds is 7. The van der Waals surface area contributed by atoms with Crippen LogP contribution in [0, 0.1) is 0 Å². The second-order valence-electron chi connectivity index (χ2n) is 6.00. The molecule has 1 aliphatic carbocycles. The first-order valence-electron chi connectivity index (χ1n) is 7.22. The molecule has 0 atom stereocenters. The molecule has 1 rings (SSSR count). The summed E-state index contributed by atoms with van der Waals surface area (Å²) in [7, 11) is 4.28. The maximum Gasteiger partial charge on any atom is 0.0283 e. The lowest BCUT2D eigenvalue weighted by Crippen LogP contribution is -2.52. The van der Waals surface area contributed by atoms with Gasteiger partial charge in [-0.1, -0.05) is 26.2 Å². The van der Waals surface area contributed by atoms with E-state index in [4.69, 9.17) is 5.73 Å². The van der Waals surface area contributed by atoms with E-state index in [0.717, 1.165) is 19.6 Å². The highest BCUT2D eigenvalue weighted by Crippen LogP contribution is 2.26. The van der Waals surface area contributed by atoms with E-state index in [9.17, 15) is 0 Å². The maximum atomic E-state index is 6.54. The van der Waals surface area contributed by atoms with Gasteiger partial charge in [0, 0.05) is 25.2 Å². The van der Waals surface area contributed by atoms with Crippen molar-refractivity contribution >= 4 is 0 Å². The third-order valence-corrected chi connectivity index (χ3v) is 3.79. The third-order valence-electron chi connectivity index (χ3n) is 3.79. The minimum atomic E-state index is 0.0970. The largest absolute Gasteiger partial charge is 0.324 e. The smallest absolute Gasteiger partial charge is 0.0283 e. The van der Waals surface area contributed by atoms with Crippen LogP contribution >= 0.6 is 0 Å². The zero-order valence-electron chi connectivity index (χ0n) is 12.0. The number of hydrogen-bond acceptors (Lipinski definition) is 3. The summed E-state index contributed by atoms with van der Waals surface area (Å²) in [6.45, 7) is 6.82. The van der Waals surface area contributed by atoms with Gasteiger partial charge in [-0.25, -0.2) is 0 Å². The normalized spacial score (nSPS) is 20.1. The molecule has 0 spiro atoms. The van der Waals surface area contributed by atoms with E-state index in [-0.39, 0.29) is 5.54 Å². The van der Waals surface area contributed by atoms with Crippen molar-refractivity contribution in [3.63, 3.8) is 0 Å². The average molecular weight is 241 g/mol. The molecule has 0 aromatic carbocycles. The predicted octanol–water partition coefficient (Wildman–Crippen LogP) is 1.92. The molecule has 0 aromatic rings. The molecular weight excluding hydrogens is 210 g/mol. The molecule has 0 saturated heterocycles. The molecular formula is C14H31N3. The van der Waals surface area contributed by atoms with E-state index in [1.54, 1.807) is 0 Å². The summed E-state index contributed by atoms with van der Waals surface area (Å²) >= 11 is 0. The van der Waals surface area contributed by atoms with Crippen LogP contribution in [-0.4, -0.2) is 55.6 Å². The number of nitrogens with zero attached hydrogens (tertiary/aromatic N) is 2. The average Bonchev–Trinajstić information content (AvgIpc) is 2.27. The van der Waals surface area contributed by atoms with E-state index in [1.165, 1.54) is 45.1 Å². The quantitative estimate of drug-likeness (QED) is 0.739. The van der Waals surface area contributed by atoms with Crippen molar-refractivity contribution in [2.45, 2.75) is 51.0 Å². The fourth-order valence-corrected chi connectivity index (χ4v) is 2.79. The zero-order valence-corrected chi connectivity index (χ0v) is 12.0. The molecule has 1 fully saturated rings. The Morgan fingerprint density at radius 1 is 1.00 bits per heavy atom. The Morgan fingerprint density at radius 3 is 2.18 bits per heavy atom. The van der Waals surface area contributed by atoms with Gasteiger partial charge in [-0.2, -0.15) is 0 Å². The topological polar surface area (TPSA) is 32.5 Å². The number of likely N-dealkylation sites (N-methyl/N-ethyl adjacent to an activating group) is 1. The summed E-state index contributed by atoms with van der Waals surface area (Å²) in [5.41, 5.74) is 6.64. The SMILES string of the molecule is CCCN(CCN(C)C)CC1(N)CCCCC1. The molecule has 0 aromatic heterocycles. The highest BCUT2D eigenvalue weighted by Gasteiger charge is 2.29. The Hall–Kier alpha value is -0.120. The highest BCUT2D eigenvalue weighted by molar-refractivity contribution is 4.90. The first kappa shape index (κ1) is 14.9. The molecule has 0 amide bonds. The van der Waals surface area contributed by atoms with Crippen LogP contribution in [0.4, 0.5) is 0 Å². The Bertz CT molecular complexity index is 198. The first-order chi connectivity index (χ1) is 8.06. The lowest BCUT2D eigenvalue weighted by molar-refractivity contribution is 0.161. The van der Waals surface area contributed by atoms with E-state index in [1.807, 2.05) is 0 Å². The predicted molar refractivity (Wildman–Crippen MR) is 75.3 cm³/mol. The van der Waals surface area contributed by atoms with Gasteiger partial charge < -0.3 is 15.5 Å². The van der Waals surface area contributed by atoms with Crippen molar-refractivity contribution in [3.8, 4) is 0 Å². The van der Waals surface area contributed by atoms with Crippen LogP contribution in [0.5, 0.6) is 0 Å². The van der Waals surface area contributed by atoms with Gasteiger partial charge in [0.25, 0.3) is 0 Å². The third kappa shape index (κ3) is 5.84. The van der Waals surface area contributed by atoms with Gasteiger partial charge in [-0.3, -0.25) is 0 Å².